The molecule has 0 aliphatic carbocycles. The molecule has 1 fully saturated rings. The fourth-order valence-electron chi connectivity index (χ4n) is 3.58. The Morgan fingerprint density at radius 3 is 2.86 bits per heavy atom. The van der Waals surface area contributed by atoms with E-state index in [1.165, 1.54) is 12.1 Å². The van der Waals surface area contributed by atoms with Crippen LogP contribution in [0.2, 0.25) is 0 Å². The fourth-order valence-corrected chi connectivity index (χ4v) is 3.58. The second kappa shape index (κ2) is 7.46. The van der Waals surface area contributed by atoms with Gasteiger partial charge in [-0.05, 0) is 25.5 Å². The van der Waals surface area contributed by atoms with E-state index in [2.05, 4.69) is 20.2 Å². The summed E-state index contributed by atoms with van der Waals surface area (Å²) in [7, 11) is 0. The van der Waals surface area contributed by atoms with Crippen molar-refractivity contribution in [2.24, 2.45) is 0 Å². The average Bonchev–Trinajstić information content (AvgIpc) is 3.05. The van der Waals surface area contributed by atoms with Crippen molar-refractivity contribution >= 4 is 29.9 Å². The summed E-state index contributed by atoms with van der Waals surface area (Å²) in [6.45, 7) is 3.81. The second-order valence-electron chi connectivity index (χ2n) is 6.58. The zero-order valence-corrected chi connectivity index (χ0v) is 15.8. The summed E-state index contributed by atoms with van der Waals surface area (Å²) in [6, 6.07) is 4.64. The van der Waals surface area contributed by atoms with Crippen molar-refractivity contribution < 1.29 is 18.0 Å². The second-order valence-corrected chi connectivity index (χ2v) is 6.58. The molecule has 4 rings (SSSR count). The van der Waals surface area contributed by atoms with Crippen molar-refractivity contribution in [3.8, 4) is 11.4 Å². The first-order chi connectivity index (χ1) is 12.9. The van der Waals surface area contributed by atoms with E-state index in [-0.39, 0.29) is 35.9 Å². The molecule has 3 heterocycles. The van der Waals surface area contributed by atoms with E-state index in [1.807, 2.05) is 6.92 Å². The minimum absolute atomic E-state index is 0. The van der Waals surface area contributed by atoms with Gasteiger partial charge in [0.05, 0.1) is 23.5 Å². The lowest BCUT2D eigenvalue weighted by molar-refractivity contribution is -0.137. The van der Waals surface area contributed by atoms with Gasteiger partial charge in [0, 0.05) is 25.2 Å². The molecule has 1 N–H and O–H groups in total. The molecular weight excluding hydrogens is 395 g/mol. The molecule has 150 valence electrons. The Morgan fingerprint density at radius 2 is 2.14 bits per heavy atom. The van der Waals surface area contributed by atoms with Crippen LogP contribution in [0.4, 0.5) is 29.5 Å². The van der Waals surface area contributed by atoms with Gasteiger partial charge in [-0.3, -0.25) is 4.90 Å². The predicted molar refractivity (Wildman–Crippen MR) is 102 cm³/mol. The third-order valence-corrected chi connectivity index (χ3v) is 4.84. The van der Waals surface area contributed by atoms with E-state index in [0.717, 1.165) is 30.8 Å². The Morgan fingerprint density at radius 1 is 1.36 bits per heavy atom. The van der Waals surface area contributed by atoms with Crippen LogP contribution in [0, 0.1) is 0 Å². The van der Waals surface area contributed by atoms with Gasteiger partial charge in [0.15, 0.2) is 11.6 Å². The van der Waals surface area contributed by atoms with E-state index < -0.39 is 11.7 Å². The standard InChI is InChI=1S/C18H18F3N5O.ClH/c1-2-22-17(27)26-13-6-7-25(10-13)14-9-23-15(24-16(14)26)11-4-3-5-12(8-11)18(19,20)21;/h3-5,8-9,13H,2,6-7,10H2,1H3,(H,22,27);1H/t13-;/m0./s1. The molecular formula is C18H19ClF3N5O. The van der Waals surface area contributed by atoms with Crippen LogP contribution in [0.5, 0.6) is 0 Å². The first kappa shape index (κ1) is 20.2. The van der Waals surface area contributed by atoms with Gasteiger partial charge in [-0.15, -0.1) is 12.4 Å². The quantitative estimate of drug-likeness (QED) is 0.815. The number of carbonyl (C=O) groups is 1. The summed E-state index contributed by atoms with van der Waals surface area (Å²) in [4.78, 5) is 25.0. The third-order valence-electron chi connectivity index (χ3n) is 4.84. The zero-order valence-electron chi connectivity index (χ0n) is 15.0. The summed E-state index contributed by atoms with van der Waals surface area (Å²) in [5.74, 6) is 0.605. The molecule has 2 amide bonds. The SMILES string of the molecule is CCNC(=O)N1c2nc(-c3cccc(C(F)(F)F)c3)ncc2N2CC[C@H]1C2.Cl. The molecule has 0 radical (unpaired) electrons. The Kier molecular flexibility index (Phi) is 5.38. The maximum absolute atomic E-state index is 13.0. The van der Waals surface area contributed by atoms with Gasteiger partial charge in [0.1, 0.15) is 0 Å². The van der Waals surface area contributed by atoms with Crippen LogP contribution in [-0.2, 0) is 6.18 Å². The average molecular weight is 414 g/mol. The Bertz CT molecular complexity index is 892. The molecule has 1 atom stereocenters. The Balaban J connectivity index is 0.00000225. The van der Waals surface area contributed by atoms with E-state index in [9.17, 15) is 18.0 Å². The predicted octanol–water partition coefficient (Wildman–Crippen LogP) is 3.71. The van der Waals surface area contributed by atoms with Crippen molar-refractivity contribution in [2.45, 2.75) is 25.6 Å². The van der Waals surface area contributed by atoms with Crippen molar-refractivity contribution in [1.82, 2.24) is 15.3 Å². The number of benzene rings is 1. The summed E-state index contributed by atoms with van der Waals surface area (Å²) in [5, 5.41) is 2.79. The molecule has 6 nitrogen and oxygen atoms in total. The first-order valence-corrected chi connectivity index (χ1v) is 8.75. The van der Waals surface area contributed by atoms with Crippen LogP contribution in [0.25, 0.3) is 11.4 Å². The van der Waals surface area contributed by atoms with Crippen LogP contribution in [-0.4, -0.2) is 41.7 Å². The van der Waals surface area contributed by atoms with Crippen LogP contribution < -0.4 is 15.1 Å². The molecule has 2 aliphatic heterocycles. The highest BCUT2D eigenvalue weighted by atomic mass is 35.5. The number of urea groups is 1. The summed E-state index contributed by atoms with van der Waals surface area (Å²) < 4.78 is 39.0. The Hall–Kier alpha value is -2.55. The zero-order chi connectivity index (χ0) is 19.2. The van der Waals surface area contributed by atoms with Gasteiger partial charge in [0.2, 0.25) is 0 Å². The normalized spacial score (nSPS) is 17.8. The number of anilines is 2. The van der Waals surface area contributed by atoms with Crippen LogP contribution in [0.1, 0.15) is 18.9 Å². The highest BCUT2D eigenvalue weighted by Gasteiger charge is 2.40. The molecule has 1 saturated heterocycles. The number of amides is 2. The van der Waals surface area contributed by atoms with Crippen molar-refractivity contribution in [3.05, 3.63) is 36.0 Å². The minimum atomic E-state index is -4.44. The molecule has 0 unspecified atom stereocenters. The van der Waals surface area contributed by atoms with Gasteiger partial charge in [-0.2, -0.15) is 13.2 Å². The maximum atomic E-state index is 13.0. The third kappa shape index (κ3) is 3.46. The summed E-state index contributed by atoms with van der Waals surface area (Å²) >= 11 is 0. The fraction of sp³-hybridized carbons (Fsp3) is 0.389. The number of aromatic nitrogens is 2. The number of rotatable bonds is 2. The Labute approximate surface area is 166 Å². The molecule has 1 aromatic heterocycles. The van der Waals surface area contributed by atoms with Crippen LogP contribution in [0.15, 0.2) is 30.5 Å². The summed E-state index contributed by atoms with van der Waals surface area (Å²) in [5.41, 5.74) is 0.229. The lowest BCUT2D eigenvalue weighted by Crippen LogP contribution is -2.50. The molecule has 10 heteroatoms. The van der Waals surface area contributed by atoms with Gasteiger partial charge >= 0.3 is 12.2 Å². The highest BCUT2D eigenvalue weighted by Crippen LogP contribution is 2.39. The molecule has 0 spiro atoms. The maximum Gasteiger partial charge on any atom is 0.416 e. The van der Waals surface area contributed by atoms with Crippen molar-refractivity contribution in [3.63, 3.8) is 0 Å². The number of nitrogens with one attached hydrogen (secondary N) is 1. The smallest absolute Gasteiger partial charge is 0.365 e. The topological polar surface area (TPSA) is 61.4 Å². The van der Waals surface area contributed by atoms with Crippen LogP contribution in [0.3, 0.4) is 0 Å². The largest absolute Gasteiger partial charge is 0.416 e. The van der Waals surface area contributed by atoms with Crippen molar-refractivity contribution in [1.29, 1.82) is 0 Å². The monoisotopic (exact) mass is 413 g/mol. The van der Waals surface area contributed by atoms with E-state index in [4.69, 9.17) is 0 Å². The van der Waals surface area contributed by atoms with E-state index in [0.29, 0.717) is 18.9 Å². The minimum Gasteiger partial charge on any atom is -0.365 e. The first-order valence-electron chi connectivity index (χ1n) is 8.75. The lowest BCUT2D eigenvalue weighted by Gasteiger charge is -2.35. The molecule has 1 aromatic carbocycles. The number of fused-ring (bicyclic) bond motifs is 4. The molecule has 2 aliphatic rings. The number of halogens is 4. The molecule has 0 saturated carbocycles. The summed E-state index contributed by atoms with van der Waals surface area (Å²) in [6.07, 6.45) is -2.04. The molecule has 28 heavy (non-hydrogen) atoms. The van der Waals surface area contributed by atoms with Gasteiger partial charge in [0.25, 0.3) is 0 Å². The number of carbonyl (C=O) groups excluding carboxylic acids is 1. The highest BCUT2D eigenvalue weighted by molar-refractivity contribution is 5.96. The number of hydrogen-bond donors (Lipinski definition) is 1. The van der Waals surface area contributed by atoms with E-state index in [1.54, 1.807) is 11.1 Å². The van der Waals surface area contributed by atoms with Crippen molar-refractivity contribution in [2.75, 3.05) is 29.4 Å². The van der Waals surface area contributed by atoms with Gasteiger partial charge < -0.3 is 10.2 Å². The number of nitrogens with zero attached hydrogens (tertiary/aromatic N) is 4. The van der Waals surface area contributed by atoms with E-state index >= 15 is 0 Å². The lowest BCUT2D eigenvalue weighted by atomic mass is 10.1. The van der Waals surface area contributed by atoms with Gasteiger partial charge in [-0.25, -0.2) is 14.8 Å². The molecule has 2 bridgehead atoms. The molecule has 2 aromatic rings. The van der Waals surface area contributed by atoms with Crippen LogP contribution >= 0.6 is 12.4 Å². The van der Waals surface area contributed by atoms with Gasteiger partial charge in [-0.1, -0.05) is 12.1 Å². The number of hydrogen-bond acceptors (Lipinski definition) is 4. The number of alkyl halides is 3.